The minimum absolute atomic E-state index is 0.135. The molecule has 0 saturated heterocycles. The zero-order valence-corrected chi connectivity index (χ0v) is 45.0. The van der Waals surface area contributed by atoms with E-state index in [0.29, 0.717) is 12.5 Å². The summed E-state index contributed by atoms with van der Waals surface area (Å²) in [7, 11) is 0. The van der Waals surface area contributed by atoms with Gasteiger partial charge in [0, 0.05) is 11.5 Å². The van der Waals surface area contributed by atoms with E-state index < -0.39 is 9.49 Å². The Bertz CT molecular complexity index is 1630. The van der Waals surface area contributed by atoms with E-state index in [4.69, 9.17) is 46.7 Å². The first-order chi connectivity index (χ1) is 29.8. The summed E-state index contributed by atoms with van der Waals surface area (Å²) in [5.74, 6) is 3.32. The second-order valence-electron chi connectivity index (χ2n) is 16.1. The maximum absolute atomic E-state index is 12.5. The molecule has 0 spiro atoms. The summed E-state index contributed by atoms with van der Waals surface area (Å²) in [6.45, 7) is 14.8. The number of thioether (sulfide) groups is 5. The summed E-state index contributed by atoms with van der Waals surface area (Å²) >= 11 is 24.3. The van der Waals surface area contributed by atoms with Crippen LogP contribution in [0.3, 0.4) is 0 Å². The lowest BCUT2D eigenvalue weighted by atomic mass is 10.0. The molecule has 3 aromatic carbocycles. The van der Waals surface area contributed by atoms with E-state index in [2.05, 4.69) is 75.4 Å². The number of ether oxygens (including phenoxy) is 1. The summed E-state index contributed by atoms with van der Waals surface area (Å²) in [6.07, 6.45) is 18.1. The normalized spacial score (nSPS) is 11.5. The molecule has 0 aromatic heterocycles. The molecule has 11 heteroatoms. The third kappa shape index (κ3) is 30.7. The number of thiocarbonyl (C=S) groups is 3. The number of nitrogens with zero attached hydrogens (tertiary/aromatic N) is 1. The standard InChI is InChI=1S/C25H48O2S3.C15H14S3.C11H11NS2/c1-6-9-11-12-13-14-15-16-17-18-20-29-24(28)30-25(4,5)23(26)27-21-22(8-3)19-10-7-2;16-15(17-11-13-7-3-1-4-8-13)18-12-14-9-5-2-6-10-14;1-11(2,8-12)14-10(13)9-6-4-3-5-7-9/h22H,6-21H2,1-5H3;1-10H,11-12H2;3-7H,1-2H3. The number of hydrogen-bond donors (Lipinski definition) is 0. The van der Waals surface area contributed by atoms with Gasteiger partial charge in [-0.3, -0.25) is 4.79 Å². The van der Waals surface area contributed by atoms with Gasteiger partial charge >= 0.3 is 5.97 Å². The van der Waals surface area contributed by atoms with Crippen LogP contribution in [-0.2, 0) is 21.0 Å². The molecule has 0 aliphatic rings. The lowest BCUT2D eigenvalue weighted by molar-refractivity contribution is -0.147. The highest BCUT2D eigenvalue weighted by atomic mass is 32.2. The van der Waals surface area contributed by atoms with E-state index in [1.54, 1.807) is 35.3 Å². The summed E-state index contributed by atoms with van der Waals surface area (Å²) in [4.78, 5) is 12.5. The van der Waals surface area contributed by atoms with Gasteiger partial charge in [-0.1, -0.05) is 249 Å². The van der Waals surface area contributed by atoms with Crippen molar-refractivity contribution in [2.45, 2.75) is 159 Å². The highest BCUT2D eigenvalue weighted by Crippen LogP contribution is 2.33. The van der Waals surface area contributed by atoms with Crippen LogP contribution in [0.4, 0.5) is 0 Å². The van der Waals surface area contributed by atoms with Crippen LogP contribution in [0.2, 0.25) is 0 Å². The number of carbonyl (C=O) groups is 1. The first kappa shape index (κ1) is 58.7. The molecule has 1 atom stereocenters. The minimum Gasteiger partial charge on any atom is -0.464 e. The van der Waals surface area contributed by atoms with Crippen molar-refractivity contribution in [1.29, 1.82) is 5.26 Å². The maximum Gasteiger partial charge on any atom is 0.322 e. The second-order valence-corrected chi connectivity index (χ2v) is 25.5. The van der Waals surface area contributed by atoms with E-state index in [1.165, 1.54) is 112 Å². The second kappa shape index (κ2) is 36.8. The molecule has 0 N–H and O–H groups in total. The molecule has 1 unspecified atom stereocenters. The van der Waals surface area contributed by atoms with Crippen LogP contribution in [0.15, 0.2) is 91.0 Å². The van der Waals surface area contributed by atoms with E-state index in [-0.39, 0.29) is 5.97 Å². The fourth-order valence-corrected chi connectivity index (χ4v) is 12.2. The van der Waals surface area contributed by atoms with Crippen LogP contribution in [0.1, 0.15) is 155 Å². The van der Waals surface area contributed by atoms with Gasteiger partial charge in [-0.25, -0.2) is 0 Å². The van der Waals surface area contributed by atoms with E-state index in [0.717, 1.165) is 46.9 Å². The van der Waals surface area contributed by atoms with Crippen molar-refractivity contribution in [2.24, 2.45) is 5.92 Å². The Hall–Kier alpha value is -1.36. The zero-order valence-electron chi connectivity index (χ0n) is 38.5. The van der Waals surface area contributed by atoms with Crippen molar-refractivity contribution in [3.05, 3.63) is 108 Å². The molecule has 0 heterocycles. The monoisotopic (exact) mass is 987 g/mol. The van der Waals surface area contributed by atoms with Gasteiger partial charge in [-0.2, -0.15) is 5.26 Å². The Morgan fingerprint density at radius 2 is 1.10 bits per heavy atom. The van der Waals surface area contributed by atoms with E-state index in [1.807, 2.05) is 70.2 Å². The van der Waals surface area contributed by atoms with Crippen molar-refractivity contribution in [1.82, 2.24) is 0 Å². The predicted octanol–water partition coefficient (Wildman–Crippen LogP) is 17.7. The predicted molar refractivity (Wildman–Crippen MR) is 296 cm³/mol. The third-order valence-corrected chi connectivity index (χ3v) is 16.7. The highest BCUT2D eigenvalue weighted by molar-refractivity contribution is 8.47. The average molecular weight is 989 g/mol. The van der Waals surface area contributed by atoms with Crippen molar-refractivity contribution in [3.8, 4) is 6.07 Å². The van der Waals surface area contributed by atoms with Crippen LogP contribution in [0.25, 0.3) is 0 Å². The Kier molecular flexibility index (Phi) is 34.8. The molecular formula is C51H73NO2S8. The summed E-state index contributed by atoms with van der Waals surface area (Å²) in [5.41, 5.74) is 3.66. The van der Waals surface area contributed by atoms with Gasteiger partial charge in [0.2, 0.25) is 0 Å². The molecule has 0 amide bonds. The van der Waals surface area contributed by atoms with Crippen LogP contribution < -0.4 is 0 Å². The Morgan fingerprint density at radius 3 is 1.56 bits per heavy atom. The van der Waals surface area contributed by atoms with Gasteiger partial charge in [0.05, 0.1) is 16.9 Å². The molecule has 0 aliphatic heterocycles. The number of unbranched alkanes of at least 4 members (excludes halogenated alkanes) is 10. The largest absolute Gasteiger partial charge is 0.464 e. The number of carbonyl (C=O) groups excluding carboxylic acids is 1. The topological polar surface area (TPSA) is 50.1 Å². The first-order valence-corrected chi connectivity index (χ1v) is 28.2. The molecule has 0 fully saturated rings. The fourth-order valence-electron chi connectivity index (χ4n) is 5.65. The van der Waals surface area contributed by atoms with Gasteiger partial charge in [0.1, 0.15) is 16.6 Å². The molecule has 3 aromatic rings. The molecular weight excluding hydrogens is 915 g/mol. The Labute approximate surface area is 415 Å². The van der Waals surface area contributed by atoms with Gasteiger partial charge in [-0.05, 0) is 68.9 Å². The third-order valence-electron chi connectivity index (χ3n) is 9.57. The minimum atomic E-state index is -0.606. The Balaban J connectivity index is 0.000000505. The van der Waals surface area contributed by atoms with Crippen LogP contribution in [-0.4, -0.2) is 39.1 Å². The van der Waals surface area contributed by atoms with Gasteiger partial charge < -0.3 is 4.74 Å². The molecule has 0 bridgehead atoms. The quantitative estimate of drug-likeness (QED) is 0.0463. The van der Waals surface area contributed by atoms with Crippen LogP contribution in [0, 0.1) is 17.2 Å². The number of rotatable bonds is 25. The van der Waals surface area contributed by atoms with Crippen molar-refractivity contribution >= 4 is 113 Å². The number of nitriles is 1. The van der Waals surface area contributed by atoms with Gasteiger partial charge in [-0.15, -0.1) is 35.3 Å². The molecule has 0 saturated carbocycles. The summed E-state index contributed by atoms with van der Waals surface area (Å²) in [6, 6.07) is 32.9. The highest BCUT2D eigenvalue weighted by Gasteiger charge is 2.32. The molecule has 0 aliphatic carbocycles. The average Bonchev–Trinajstić information content (AvgIpc) is 3.28. The summed E-state index contributed by atoms with van der Waals surface area (Å²) in [5, 5.41) is 8.86. The van der Waals surface area contributed by atoms with E-state index >= 15 is 0 Å². The first-order valence-electron chi connectivity index (χ1n) is 22.4. The fraction of sp³-hybridized carbons (Fsp3) is 0.549. The number of hydrogen-bond acceptors (Lipinski definition) is 11. The van der Waals surface area contributed by atoms with Crippen LogP contribution in [0.5, 0.6) is 0 Å². The number of esters is 1. The lowest BCUT2D eigenvalue weighted by Crippen LogP contribution is -2.32. The maximum atomic E-state index is 12.5. The van der Waals surface area contributed by atoms with E-state index in [9.17, 15) is 4.79 Å². The number of benzene rings is 3. The van der Waals surface area contributed by atoms with Gasteiger partial charge in [0.25, 0.3) is 0 Å². The van der Waals surface area contributed by atoms with Gasteiger partial charge in [0.15, 0.2) is 0 Å². The Morgan fingerprint density at radius 1 is 0.629 bits per heavy atom. The SMILES string of the molecule is CC(C)(C#N)SC(=S)c1ccccc1.CCCCCCCCCCCCSC(=S)SC(C)(C)C(=O)OCC(CC)CCCC.S=C(SCc1ccccc1)SCc1ccccc1. The molecule has 342 valence electrons. The zero-order chi connectivity index (χ0) is 45.9. The smallest absolute Gasteiger partial charge is 0.322 e. The molecule has 3 rings (SSSR count). The molecule has 3 nitrogen and oxygen atoms in total. The summed E-state index contributed by atoms with van der Waals surface area (Å²) < 4.78 is 7.24. The lowest BCUT2D eigenvalue weighted by Gasteiger charge is -2.23. The van der Waals surface area contributed by atoms with Crippen molar-refractivity contribution in [2.75, 3.05) is 12.4 Å². The van der Waals surface area contributed by atoms with Crippen molar-refractivity contribution in [3.63, 3.8) is 0 Å². The molecule has 62 heavy (non-hydrogen) atoms. The van der Waals surface area contributed by atoms with Crippen LogP contribution >= 0.6 is 95.5 Å². The van der Waals surface area contributed by atoms with Crippen molar-refractivity contribution < 1.29 is 9.53 Å². The molecule has 0 radical (unpaired) electrons.